The molecule has 0 rings (SSSR count). The maximum Gasteiger partial charge on any atom is -0.00516 e. The van der Waals surface area contributed by atoms with E-state index < -0.39 is 0 Å². The quantitative estimate of drug-likeness (QED) is 0.456. The molecule has 0 atom stereocenters. The topological polar surface area (TPSA) is 35.9 Å². The minimum absolute atomic E-state index is 1.17. The summed E-state index contributed by atoms with van der Waals surface area (Å²) >= 11 is 0. The van der Waals surface area contributed by atoms with Crippen molar-refractivity contribution in [2.45, 2.75) is 26.7 Å². The van der Waals surface area contributed by atoms with E-state index in [9.17, 15) is 0 Å². The van der Waals surface area contributed by atoms with E-state index >= 15 is 0 Å². The molecule has 0 radical (unpaired) electrons. The summed E-state index contributed by atoms with van der Waals surface area (Å²) in [5, 5.41) is 9.13. The molecule has 0 bridgehead atoms. The molecule has 0 saturated carbocycles. The van der Waals surface area contributed by atoms with Crippen molar-refractivity contribution < 1.29 is 0 Å². The Balaban J connectivity index is 0. The van der Waals surface area contributed by atoms with Crippen LogP contribution in [-0.2, 0) is 0 Å². The van der Waals surface area contributed by atoms with Crippen LogP contribution < -0.4 is 5.32 Å². The molecule has 10 heavy (non-hydrogen) atoms. The van der Waals surface area contributed by atoms with Gasteiger partial charge in [0.15, 0.2) is 0 Å². The van der Waals surface area contributed by atoms with Crippen LogP contribution in [0.5, 0.6) is 0 Å². The molecule has 2 N–H and O–H groups in total. The normalized spacial score (nSPS) is 7.40. The summed E-state index contributed by atoms with van der Waals surface area (Å²) < 4.78 is 0. The van der Waals surface area contributed by atoms with Gasteiger partial charge in [-0.25, -0.2) is 0 Å². The third-order valence-electron chi connectivity index (χ3n) is 0.854. The van der Waals surface area contributed by atoms with Crippen molar-refractivity contribution >= 4 is 5.87 Å². The van der Waals surface area contributed by atoms with Crippen LogP contribution >= 0.6 is 0 Å². The van der Waals surface area contributed by atoms with E-state index in [0.717, 1.165) is 0 Å². The van der Waals surface area contributed by atoms with E-state index in [2.05, 4.69) is 25.7 Å². The Morgan fingerprint density at radius 1 is 1.30 bits per heavy atom. The summed E-state index contributed by atoms with van der Waals surface area (Å²) in [6.07, 6.45) is 2.50. The molecule has 0 aromatic rings. The molecule has 60 valence electrons. The maximum atomic E-state index is 5.85. The first-order chi connectivity index (χ1) is 4.83. The molecule has 0 aliphatic heterocycles. The van der Waals surface area contributed by atoms with E-state index in [1.165, 1.54) is 25.9 Å². The van der Waals surface area contributed by atoms with E-state index in [-0.39, 0.29) is 0 Å². The van der Waals surface area contributed by atoms with E-state index in [1.807, 2.05) is 0 Å². The second-order valence-corrected chi connectivity index (χ2v) is 1.93. The lowest BCUT2D eigenvalue weighted by Crippen LogP contribution is -2.14. The van der Waals surface area contributed by atoms with E-state index in [4.69, 9.17) is 5.41 Å². The Bertz CT molecular complexity index is 69.3. The minimum Gasteiger partial charge on any atom is -0.317 e. The lowest BCUT2D eigenvalue weighted by molar-refractivity contribution is 0.662. The van der Waals surface area contributed by atoms with Crippen LogP contribution in [0.25, 0.3) is 0 Å². The standard InChI is InChI=1S/C6H15N.C2H3N/c1-3-5-7-6-4-2;1-2-3/h7H,3-6H2,1-2H3;3H,1H2. The molecule has 2 heteroatoms. The molecule has 0 aliphatic carbocycles. The fourth-order valence-electron chi connectivity index (χ4n) is 0.479. The first-order valence-electron chi connectivity index (χ1n) is 3.72. The van der Waals surface area contributed by atoms with Crippen molar-refractivity contribution in [3.05, 3.63) is 6.58 Å². The zero-order chi connectivity index (χ0) is 8.24. The molecule has 0 fully saturated rings. The molecule has 0 spiro atoms. The summed E-state index contributed by atoms with van der Waals surface area (Å²) in [6.45, 7) is 9.62. The van der Waals surface area contributed by atoms with Crippen LogP contribution in [0, 0.1) is 5.41 Å². The Morgan fingerprint density at radius 3 is 1.80 bits per heavy atom. The second-order valence-electron chi connectivity index (χ2n) is 1.93. The largest absolute Gasteiger partial charge is 0.317 e. The summed E-state index contributed by atoms with van der Waals surface area (Å²) in [5.74, 6) is 1.75. The second kappa shape index (κ2) is 15.8. The van der Waals surface area contributed by atoms with Gasteiger partial charge in [0.1, 0.15) is 0 Å². The van der Waals surface area contributed by atoms with Gasteiger partial charge in [0.25, 0.3) is 0 Å². The fourth-order valence-corrected chi connectivity index (χ4v) is 0.479. The van der Waals surface area contributed by atoms with Gasteiger partial charge in [-0.05, 0) is 38.4 Å². The van der Waals surface area contributed by atoms with Crippen LogP contribution in [-0.4, -0.2) is 19.0 Å². The summed E-state index contributed by atoms with van der Waals surface area (Å²) in [7, 11) is 0. The van der Waals surface area contributed by atoms with Crippen molar-refractivity contribution in [2.75, 3.05) is 13.1 Å². The zero-order valence-corrected chi connectivity index (χ0v) is 7.04. The van der Waals surface area contributed by atoms with E-state index in [0.29, 0.717) is 0 Å². The first-order valence-corrected chi connectivity index (χ1v) is 3.72. The monoisotopic (exact) mass is 142 g/mol. The Kier molecular flexibility index (Phi) is 19.1. The van der Waals surface area contributed by atoms with Gasteiger partial charge >= 0.3 is 0 Å². The molecule has 0 aliphatic rings. The highest BCUT2D eigenvalue weighted by Gasteiger charge is 1.76. The number of hydrogen-bond donors (Lipinski definition) is 2. The Morgan fingerprint density at radius 2 is 1.60 bits per heavy atom. The summed E-state index contributed by atoms with van der Waals surface area (Å²) in [5.41, 5.74) is 0. The van der Waals surface area contributed by atoms with Gasteiger partial charge in [0, 0.05) is 0 Å². The molecule has 0 amide bonds. The summed E-state index contributed by atoms with van der Waals surface area (Å²) in [4.78, 5) is 0. The van der Waals surface area contributed by atoms with Crippen molar-refractivity contribution in [1.82, 2.24) is 5.32 Å². The third kappa shape index (κ3) is 26.2. The van der Waals surface area contributed by atoms with Crippen LogP contribution in [0.3, 0.4) is 0 Å². The van der Waals surface area contributed by atoms with Crippen LogP contribution in [0.15, 0.2) is 6.58 Å². The molecular formula is C8H18N2. The SMILES string of the molecule is C=C=N.CCCNCCC. The predicted molar refractivity (Wildman–Crippen MR) is 46.8 cm³/mol. The van der Waals surface area contributed by atoms with Crippen molar-refractivity contribution in [1.29, 1.82) is 5.41 Å². The molecule has 0 aromatic carbocycles. The van der Waals surface area contributed by atoms with Gasteiger partial charge in [-0.2, -0.15) is 0 Å². The van der Waals surface area contributed by atoms with Crippen molar-refractivity contribution in [2.24, 2.45) is 0 Å². The van der Waals surface area contributed by atoms with Crippen molar-refractivity contribution in [3.8, 4) is 0 Å². The fraction of sp³-hybridized carbons (Fsp3) is 0.750. The number of rotatable bonds is 4. The molecule has 2 nitrogen and oxygen atoms in total. The maximum absolute atomic E-state index is 5.85. The minimum atomic E-state index is 1.17. The van der Waals surface area contributed by atoms with Gasteiger partial charge in [-0.3, -0.25) is 5.41 Å². The molecule has 0 aromatic heterocycles. The number of nitrogens with one attached hydrogen (secondary N) is 2. The molecule has 0 heterocycles. The van der Waals surface area contributed by atoms with Gasteiger partial charge in [0.2, 0.25) is 0 Å². The van der Waals surface area contributed by atoms with Gasteiger partial charge < -0.3 is 5.32 Å². The lowest BCUT2D eigenvalue weighted by atomic mass is 10.4. The smallest absolute Gasteiger partial charge is 0.00516 e. The Labute approximate surface area is 63.8 Å². The van der Waals surface area contributed by atoms with Gasteiger partial charge in [-0.1, -0.05) is 13.8 Å². The molecular weight excluding hydrogens is 124 g/mol. The first kappa shape index (κ1) is 12.1. The molecule has 0 saturated heterocycles. The van der Waals surface area contributed by atoms with Crippen LogP contribution in [0.2, 0.25) is 0 Å². The number of hydrogen-bond acceptors (Lipinski definition) is 2. The summed E-state index contributed by atoms with van der Waals surface area (Å²) in [6, 6.07) is 0. The van der Waals surface area contributed by atoms with Crippen LogP contribution in [0.1, 0.15) is 26.7 Å². The average Bonchev–Trinajstić information content (AvgIpc) is 1.91. The Hall–Kier alpha value is -0.590. The van der Waals surface area contributed by atoms with Gasteiger partial charge in [0.05, 0.1) is 0 Å². The van der Waals surface area contributed by atoms with Crippen LogP contribution in [0.4, 0.5) is 0 Å². The highest BCUT2D eigenvalue weighted by atomic mass is 14.8. The lowest BCUT2D eigenvalue weighted by Gasteiger charge is -1.95. The van der Waals surface area contributed by atoms with Crippen molar-refractivity contribution in [3.63, 3.8) is 0 Å². The highest BCUT2D eigenvalue weighted by molar-refractivity contribution is 5.41. The van der Waals surface area contributed by atoms with Gasteiger partial charge in [-0.15, -0.1) is 0 Å². The predicted octanol–water partition coefficient (Wildman–Crippen LogP) is 1.82. The third-order valence-corrected chi connectivity index (χ3v) is 0.854. The molecule has 0 unspecified atom stereocenters. The average molecular weight is 142 g/mol. The highest BCUT2D eigenvalue weighted by Crippen LogP contribution is 1.71. The van der Waals surface area contributed by atoms with E-state index in [1.54, 1.807) is 5.87 Å². The zero-order valence-electron chi connectivity index (χ0n) is 7.04.